The number of hydrogen-bond donors (Lipinski definition) is 2. The first-order valence-electron chi connectivity index (χ1n) is 6.19. The number of piperidine rings is 1. The van der Waals surface area contributed by atoms with E-state index in [9.17, 15) is 9.59 Å². The molecule has 1 atom stereocenters. The van der Waals surface area contributed by atoms with E-state index in [1.165, 1.54) is 0 Å². The summed E-state index contributed by atoms with van der Waals surface area (Å²) in [4.78, 5) is 26.8. The predicted octanol–water partition coefficient (Wildman–Crippen LogP) is 0.409. The number of aryl methyl sites for hydroxylation is 1. The lowest BCUT2D eigenvalue weighted by Gasteiger charge is -2.23. The van der Waals surface area contributed by atoms with Crippen LogP contribution in [0.5, 0.6) is 0 Å². The van der Waals surface area contributed by atoms with Gasteiger partial charge in [-0.1, -0.05) is 0 Å². The topological polar surface area (TPSA) is 71.1 Å². The van der Waals surface area contributed by atoms with E-state index in [0.29, 0.717) is 25.8 Å². The molecule has 0 saturated carbocycles. The number of nitrogens with zero attached hydrogens (tertiary/aromatic N) is 1. The largest absolute Gasteiger partial charge is 0.356 e. The molecule has 1 fully saturated rings. The van der Waals surface area contributed by atoms with Crippen molar-refractivity contribution in [3.63, 3.8) is 0 Å². The molecule has 0 radical (unpaired) electrons. The Hall–Kier alpha value is -1.91. The molecule has 5 nitrogen and oxygen atoms in total. The van der Waals surface area contributed by atoms with E-state index in [2.05, 4.69) is 15.6 Å². The van der Waals surface area contributed by atoms with Gasteiger partial charge in [0.15, 0.2) is 0 Å². The summed E-state index contributed by atoms with van der Waals surface area (Å²) in [5.41, 5.74) is 1.10. The summed E-state index contributed by atoms with van der Waals surface area (Å²) in [6, 6.07) is 3.80. The van der Waals surface area contributed by atoms with Crippen molar-refractivity contribution in [1.82, 2.24) is 15.6 Å². The summed E-state index contributed by atoms with van der Waals surface area (Å²) in [6.45, 7) is 0.647. The lowest BCUT2D eigenvalue weighted by molar-refractivity contribution is -0.124. The van der Waals surface area contributed by atoms with Crippen molar-refractivity contribution in [2.45, 2.75) is 31.7 Å². The zero-order valence-electron chi connectivity index (χ0n) is 10.2. The van der Waals surface area contributed by atoms with Crippen LogP contribution in [0.2, 0.25) is 0 Å². The van der Waals surface area contributed by atoms with E-state index in [1.54, 1.807) is 12.4 Å². The number of carbonyl (C=O) groups excluding carboxylic acids is 2. The van der Waals surface area contributed by atoms with Crippen LogP contribution < -0.4 is 10.6 Å². The average molecular weight is 247 g/mol. The van der Waals surface area contributed by atoms with E-state index in [0.717, 1.165) is 12.0 Å². The number of amides is 2. The molecule has 2 heterocycles. The molecular weight excluding hydrogens is 230 g/mol. The van der Waals surface area contributed by atoms with Gasteiger partial charge in [0.2, 0.25) is 11.8 Å². The highest BCUT2D eigenvalue weighted by molar-refractivity contribution is 5.80. The standard InChI is InChI=1S/C13H17N3O2/c17-12(2-1-10-3-6-14-7-4-10)16-11-5-8-15-13(18)9-11/h3-4,6-7,11H,1-2,5,8-9H2,(H,15,18)(H,16,17). The van der Waals surface area contributed by atoms with Crippen LogP contribution in [0.3, 0.4) is 0 Å². The Morgan fingerprint density at radius 1 is 1.44 bits per heavy atom. The monoisotopic (exact) mass is 247 g/mol. The fraction of sp³-hybridized carbons (Fsp3) is 0.462. The lowest BCUT2D eigenvalue weighted by Crippen LogP contribution is -2.45. The normalized spacial score (nSPS) is 19.1. The Bertz CT molecular complexity index is 420. The van der Waals surface area contributed by atoms with Crippen LogP contribution in [0.25, 0.3) is 0 Å². The third kappa shape index (κ3) is 3.84. The predicted molar refractivity (Wildman–Crippen MR) is 66.7 cm³/mol. The van der Waals surface area contributed by atoms with Gasteiger partial charge in [-0.3, -0.25) is 14.6 Å². The number of hydrogen-bond acceptors (Lipinski definition) is 3. The Labute approximate surface area is 106 Å². The Morgan fingerprint density at radius 3 is 2.94 bits per heavy atom. The molecule has 2 N–H and O–H groups in total. The highest BCUT2D eigenvalue weighted by Gasteiger charge is 2.20. The van der Waals surface area contributed by atoms with Crippen LogP contribution in [0, 0.1) is 0 Å². The second-order valence-corrected chi connectivity index (χ2v) is 4.46. The summed E-state index contributed by atoms with van der Waals surface area (Å²) >= 11 is 0. The van der Waals surface area contributed by atoms with Gasteiger partial charge in [0.1, 0.15) is 0 Å². The van der Waals surface area contributed by atoms with Gasteiger partial charge in [0.25, 0.3) is 0 Å². The molecule has 1 aromatic heterocycles. The molecule has 18 heavy (non-hydrogen) atoms. The minimum Gasteiger partial charge on any atom is -0.356 e. The molecule has 1 aromatic rings. The maximum Gasteiger partial charge on any atom is 0.222 e. The zero-order chi connectivity index (χ0) is 12.8. The minimum atomic E-state index is -0.0105. The number of aromatic nitrogens is 1. The SMILES string of the molecule is O=C1CC(NC(=O)CCc2ccncc2)CCN1. The molecule has 2 rings (SSSR count). The highest BCUT2D eigenvalue weighted by atomic mass is 16.2. The van der Waals surface area contributed by atoms with Crippen LogP contribution in [-0.2, 0) is 16.0 Å². The first-order valence-corrected chi connectivity index (χ1v) is 6.19. The molecule has 5 heteroatoms. The molecule has 1 saturated heterocycles. The van der Waals surface area contributed by atoms with Crippen molar-refractivity contribution >= 4 is 11.8 Å². The van der Waals surface area contributed by atoms with Gasteiger partial charge in [-0.15, -0.1) is 0 Å². The second-order valence-electron chi connectivity index (χ2n) is 4.46. The van der Waals surface area contributed by atoms with E-state index >= 15 is 0 Å². The van der Waals surface area contributed by atoms with Gasteiger partial charge >= 0.3 is 0 Å². The smallest absolute Gasteiger partial charge is 0.222 e. The van der Waals surface area contributed by atoms with E-state index in [-0.39, 0.29) is 17.9 Å². The zero-order valence-corrected chi connectivity index (χ0v) is 10.2. The molecule has 1 aliphatic heterocycles. The Kier molecular flexibility index (Phi) is 4.28. The second kappa shape index (κ2) is 6.14. The maximum atomic E-state index is 11.7. The summed E-state index contributed by atoms with van der Waals surface area (Å²) in [5.74, 6) is 0.0206. The summed E-state index contributed by atoms with van der Waals surface area (Å²) in [7, 11) is 0. The fourth-order valence-corrected chi connectivity index (χ4v) is 2.01. The van der Waals surface area contributed by atoms with Crippen LogP contribution in [0.1, 0.15) is 24.8 Å². The van der Waals surface area contributed by atoms with Crippen molar-refractivity contribution < 1.29 is 9.59 Å². The summed E-state index contributed by atoms with van der Waals surface area (Å²) in [6.07, 6.45) is 5.79. The molecule has 0 aliphatic carbocycles. The quantitative estimate of drug-likeness (QED) is 0.809. The molecular formula is C13H17N3O2. The first kappa shape index (κ1) is 12.5. The van der Waals surface area contributed by atoms with E-state index < -0.39 is 0 Å². The lowest BCUT2D eigenvalue weighted by atomic mass is 10.1. The fourth-order valence-electron chi connectivity index (χ4n) is 2.01. The molecule has 0 spiro atoms. The van der Waals surface area contributed by atoms with Crippen molar-refractivity contribution in [3.05, 3.63) is 30.1 Å². The van der Waals surface area contributed by atoms with Crippen LogP contribution >= 0.6 is 0 Å². The molecule has 2 amide bonds. The average Bonchev–Trinajstić information content (AvgIpc) is 2.38. The first-order chi connectivity index (χ1) is 8.74. The number of rotatable bonds is 4. The maximum absolute atomic E-state index is 11.7. The van der Waals surface area contributed by atoms with Gasteiger partial charge in [-0.05, 0) is 30.5 Å². The van der Waals surface area contributed by atoms with Gasteiger partial charge in [0.05, 0.1) is 0 Å². The number of pyridine rings is 1. The Balaban J connectivity index is 1.73. The molecule has 0 bridgehead atoms. The van der Waals surface area contributed by atoms with E-state index in [1.807, 2.05) is 12.1 Å². The minimum absolute atomic E-state index is 0.00603. The molecule has 1 unspecified atom stereocenters. The highest BCUT2D eigenvalue weighted by Crippen LogP contribution is 2.05. The van der Waals surface area contributed by atoms with Gasteiger partial charge in [-0.2, -0.15) is 0 Å². The van der Waals surface area contributed by atoms with Crippen molar-refractivity contribution in [2.24, 2.45) is 0 Å². The van der Waals surface area contributed by atoms with Crippen molar-refractivity contribution in [2.75, 3.05) is 6.54 Å². The van der Waals surface area contributed by atoms with Gasteiger partial charge in [-0.25, -0.2) is 0 Å². The third-order valence-electron chi connectivity index (χ3n) is 3.00. The van der Waals surface area contributed by atoms with Crippen molar-refractivity contribution in [3.8, 4) is 0 Å². The molecule has 96 valence electrons. The Morgan fingerprint density at radius 2 is 2.22 bits per heavy atom. The van der Waals surface area contributed by atoms with Gasteiger partial charge in [0, 0.05) is 37.8 Å². The van der Waals surface area contributed by atoms with E-state index in [4.69, 9.17) is 0 Å². The van der Waals surface area contributed by atoms with Crippen LogP contribution in [0.4, 0.5) is 0 Å². The number of nitrogens with one attached hydrogen (secondary N) is 2. The summed E-state index contributed by atoms with van der Waals surface area (Å²) < 4.78 is 0. The summed E-state index contributed by atoms with van der Waals surface area (Å²) in [5, 5.41) is 5.65. The number of carbonyl (C=O) groups is 2. The van der Waals surface area contributed by atoms with Gasteiger partial charge < -0.3 is 10.6 Å². The van der Waals surface area contributed by atoms with Crippen LogP contribution in [0.15, 0.2) is 24.5 Å². The van der Waals surface area contributed by atoms with Crippen LogP contribution in [-0.4, -0.2) is 29.4 Å². The van der Waals surface area contributed by atoms with Crippen molar-refractivity contribution in [1.29, 1.82) is 0 Å². The third-order valence-corrected chi connectivity index (χ3v) is 3.00. The molecule has 1 aliphatic rings. The molecule has 0 aromatic carbocycles.